The van der Waals surface area contributed by atoms with Crippen molar-refractivity contribution in [3.8, 4) is 20.9 Å². The molecule has 0 saturated heterocycles. The summed E-state index contributed by atoms with van der Waals surface area (Å²) in [6.07, 6.45) is 0. The van der Waals surface area contributed by atoms with E-state index in [0.717, 1.165) is 62.3 Å². The van der Waals surface area contributed by atoms with E-state index in [9.17, 15) is 0 Å². The van der Waals surface area contributed by atoms with Gasteiger partial charge in [-0.05, 0) is 47.2 Å². The van der Waals surface area contributed by atoms with Gasteiger partial charge in [0.25, 0.3) is 0 Å². The van der Waals surface area contributed by atoms with Crippen LogP contribution >= 0.6 is 65.9 Å². The molecule has 7 heteroatoms. The standard InChI is InChI=1S/C42H20Br2N2S3/c43-21-15-17-25-31(19-21)32-20-22(44)16-18-26(32)36-35(25)45-37-38(46-36)42(30-12-6-10-28-24-8-2-4-14-34(24)48-40(28)30)49-41(37)29-11-5-9-27-23-7-1-3-13-33(23)47-39(27)29/h1-20H. The summed E-state index contributed by atoms with van der Waals surface area (Å²) in [5, 5.41) is 9.68. The Morgan fingerprint density at radius 3 is 1.31 bits per heavy atom. The molecule has 4 heterocycles. The fourth-order valence-electron chi connectivity index (χ4n) is 7.43. The number of aromatic nitrogens is 2. The van der Waals surface area contributed by atoms with E-state index in [1.54, 1.807) is 0 Å². The van der Waals surface area contributed by atoms with Gasteiger partial charge in [-0.3, -0.25) is 0 Å². The van der Waals surface area contributed by atoms with Crippen LogP contribution in [0.4, 0.5) is 0 Å². The van der Waals surface area contributed by atoms with Gasteiger partial charge in [0.15, 0.2) is 0 Å². The lowest BCUT2D eigenvalue weighted by atomic mass is 9.99. The van der Waals surface area contributed by atoms with Crippen molar-refractivity contribution in [2.45, 2.75) is 0 Å². The first kappa shape index (κ1) is 28.6. The molecule has 49 heavy (non-hydrogen) atoms. The molecule has 0 bridgehead atoms. The summed E-state index contributed by atoms with van der Waals surface area (Å²) < 4.78 is 7.26. The molecule has 2 nitrogen and oxygen atoms in total. The highest BCUT2D eigenvalue weighted by atomic mass is 79.9. The van der Waals surface area contributed by atoms with Crippen LogP contribution < -0.4 is 0 Å². The number of fused-ring (bicyclic) bond motifs is 13. The number of hydrogen-bond acceptors (Lipinski definition) is 5. The quantitative estimate of drug-likeness (QED) is 0.163. The van der Waals surface area contributed by atoms with Gasteiger partial charge in [-0.2, -0.15) is 0 Å². The first-order valence-corrected chi connectivity index (χ1v) is 19.9. The highest BCUT2D eigenvalue weighted by Crippen LogP contribution is 2.51. The van der Waals surface area contributed by atoms with Crippen LogP contribution in [-0.2, 0) is 0 Å². The predicted molar refractivity (Wildman–Crippen MR) is 222 cm³/mol. The maximum Gasteiger partial charge on any atom is 0.109 e. The summed E-state index contributed by atoms with van der Waals surface area (Å²) >= 11 is 13.0. The molecule has 0 spiro atoms. The van der Waals surface area contributed by atoms with Crippen molar-refractivity contribution in [3.63, 3.8) is 0 Å². The first-order chi connectivity index (χ1) is 24.1. The van der Waals surface area contributed by atoms with E-state index in [0.29, 0.717) is 0 Å². The molecule has 0 fully saturated rings. The van der Waals surface area contributed by atoms with Crippen LogP contribution in [-0.4, -0.2) is 9.97 Å². The second kappa shape index (κ2) is 10.6. The molecule has 0 amide bonds. The zero-order valence-corrected chi connectivity index (χ0v) is 31.0. The number of benzene rings is 7. The van der Waals surface area contributed by atoms with Crippen molar-refractivity contribution in [1.82, 2.24) is 9.97 Å². The molecule has 0 unspecified atom stereocenters. The van der Waals surface area contributed by atoms with Crippen LogP contribution in [0.1, 0.15) is 0 Å². The van der Waals surface area contributed by atoms with Crippen LogP contribution in [0, 0.1) is 0 Å². The summed E-state index contributed by atoms with van der Waals surface area (Å²) in [7, 11) is 0. The Labute approximate surface area is 308 Å². The van der Waals surface area contributed by atoms with Crippen LogP contribution in [0.25, 0.3) is 105 Å². The molecule has 0 saturated carbocycles. The van der Waals surface area contributed by atoms with Gasteiger partial charge >= 0.3 is 0 Å². The molecule has 0 atom stereocenters. The molecular weight excluding hydrogens is 788 g/mol. The Kier molecular flexibility index (Phi) is 6.20. The van der Waals surface area contributed by atoms with Gasteiger partial charge in [0.05, 0.1) is 20.8 Å². The van der Waals surface area contributed by atoms with Crippen LogP contribution in [0.2, 0.25) is 0 Å². The maximum atomic E-state index is 5.64. The number of thiophene rings is 3. The second-order valence-electron chi connectivity index (χ2n) is 12.3. The Hall–Kier alpha value is -4.24. The van der Waals surface area contributed by atoms with E-state index in [2.05, 4.69) is 153 Å². The van der Waals surface area contributed by atoms with Crippen molar-refractivity contribution in [2.24, 2.45) is 0 Å². The summed E-state index contributed by atoms with van der Waals surface area (Å²) in [5.41, 5.74) is 6.20. The fourth-order valence-corrected chi connectivity index (χ4v) is 12.0. The van der Waals surface area contributed by atoms with E-state index in [1.165, 1.54) is 51.5 Å². The zero-order valence-electron chi connectivity index (χ0n) is 25.4. The van der Waals surface area contributed by atoms with Crippen molar-refractivity contribution in [2.75, 3.05) is 0 Å². The Balaban J connectivity index is 1.33. The smallest absolute Gasteiger partial charge is 0.109 e. The van der Waals surface area contributed by atoms with Crippen molar-refractivity contribution < 1.29 is 0 Å². The number of rotatable bonds is 2. The third-order valence-electron chi connectivity index (χ3n) is 9.59. The van der Waals surface area contributed by atoms with Gasteiger partial charge in [-0.25, -0.2) is 9.97 Å². The Morgan fingerprint density at radius 2 is 0.816 bits per heavy atom. The average Bonchev–Trinajstić information content (AvgIpc) is 3.82. The van der Waals surface area contributed by atoms with Gasteiger partial charge in [-0.1, -0.05) is 117 Å². The summed E-state index contributed by atoms with van der Waals surface area (Å²) in [4.78, 5) is 13.6. The van der Waals surface area contributed by atoms with Gasteiger partial charge in [0, 0.05) is 71.2 Å². The molecule has 0 N–H and O–H groups in total. The third kappa shape index (κ3) is 4.14. The van der Waals surface area contributed by atoms with Crippen LogP contribution in [0.5, 0.6) is 0 Å². The minimum atomic E-state index is 0.930. The van der Waals surface area contributed by atoms with E-state index < -0.39 is 0 Å². The monoisotopic (exact) mass is 806 g/mol. The highest BCUT2D eigenvalue weighted by molar-refractivity contribution is 9.10. The SMILES string of the molecule is Brc1ccc2c(c1)c1cc(Br)ccc1c1nc3c(-c4cccc5c4sc4ccccc45)sc(-c4cccc5c4sc4ccccc45)c3nc21. The topological polar surface area (TPSA) is 25.8 Å². The van der Waals surface area contributed by atoms with Crippen molar-refractivity contribution >= 4 is 150 Å². The summed E-state index contributed by atoms with van der Waals surface area (Å²) in [6.45, 7) is 0. The van der Waals surface area contributed by atoms with Crippen LogP contribution in [0.3, 0.4) is 0 Å². The minimum Gasteiger partial charge on any atom is -0.242 e. The fraction of sp³-hybridized carbons (Fsp3) is 0. The van der Waals surface area contributed by atoms with Crippen molar-refractivity contribution in [1.29, 1.82) is 0 Å². The lowest BCUT2D eigenvalue weighted by Gasteiger charge is -2.11. The van der Waals surface area contributed by atoms with E-state index >= 15 is 0 Å². The number of hydrogen-bond donors (Lipinski definition) is 0. The Bertz CT molecular complexity index is 2990. The largest absolute Gasteiger partial charge is 0.242 e. The highest BCUT2D eigenvalue weighted by Gasteiger charge is 2.24. The normalized spacial score (nSPS) is 12.3. The van der Waals surface area contributed by atoms with E-state index in [4.69, 9.17) is 9.97 Å². The first-order valence-electron chi connectivity index (χ1n) is 15.9. The molecule has 7 aromatic carbocycles. The van der Waals surface area contributed by atoms with Gasteiger partial charge in [0.2, 0.25) is 0 Å². The van der Waals surface area contributed by atoms with Crippen molar-refractivity contribution in [3.05, 3.63) is 130 Å². The summed E-state index contributed by atoms with van der Waals surface area (Å²) in [5.74, 6) is 0. The van der Waals surface area contributed by atoms with Gasteiger partial charge < -0.3 is 0 Å². The predicted octanol–water partition coefficient (Wildman–Crippen LogP) is 14.7. The maximum absolute atomic E-state index is 5.64. The molecule has 11 aromatic rings. The van der Waals surface area contributed by atoms with E-state index in [1.807, 2.05) is 34.0 Å². The number of nitrogens with zero attached hydrogens (tertiary/aromatic N) is 2. The van der Waals surface area contributed by atoms with Gasteiger partial charge in [-0.15, -0.1) is 34.0 Å². The molecule has 230 valence electrons. The Morgan fingerprint density at radius 1 is 0.367 bits per heavy atom. The summed E-state index contributed by atoms with van der Waals surface area (Å²) in [6, 6.07) is 43.9. The minimum absolute atomic E-state index is 0.930. The zero-order chi connectivity index (χ0) is 32.4. The second-order valence-corrected chi connectivity index (χ2v) is 17.3. The lowest BCUT2D eigenvalue weighted by molar-refractivity contribution is 1.44. The van der Waals surface area contributed by atoms with E-state index in [-0.39, 0.29) is 0 Å². The molecular formula is C42H20Br2N2S3. The van der Waals surface area contributed by atoms with Gasteiger partial charge in [0.1, 0.15) is 11.0 Å². The number of halogens is 2. The third-order valence-corrected chi connectivity index (χ3v) is 14.3. The molecule has 4 aromatic heterocycles. The molecule has 0 aliphatic rings. The molecule has 0 radical (unpaired) electrons. The van der Waals surface area contributed by atoms with Crippen LogP contribution in [0.15, 0.2) is 130 Å². The molecule has 11 rings (SSSR count). The average molecular weight is 809 g/mol. The molecule has 0 aliphatic carbocycles. The lowest BCUT2D eigenvalue weighted by Crippen LogP contribution is -1.92. The molecule has 0 aliphatic heterocycles.